The number of hydrogen-bond donors (Lipinski definition) is 1. The number of nitrogens with two attached hydrogens (primary N) is 1. The van der Waals surface area contributed by atoms with Gasteiger partial charge in [-0.25, -0.2) is 4.39 Å². The van der Waals surface area contributed by atoms with Gasteiger partial charge in [0.05, 0.1) is 0 Å². The zero-order valence-electron chi connectivity index (χ0n) is 11.7. The first-order chi connectivity index (χ1) is 11.0. The molecule has 9 heteroatoms. The molecule has 1 amide bonds. The number of benzene rings is 2. The van der Waals surface area contributed by atoms with Crippen LogP contribution in [0.15, 0.2) is 42.5 Å². The maximum Gasteiger partial charge on any atom is 0.458 e. The van der Waals surface area contributed by atoms with Crippen LogP contribution in [0.2, 0.25) is 0 Å². The number of hydrogen-bond acceptors (Lipinski definition) is 2. The van der Waals surface area contributed by atoms with Crippen molar-refractivity contribution < 1.29 is 35.9 Å². The highest BCUT2D eigenvalue weighted by Gasteiger charge is 2.58. The number of primary amides is 1. The number of amides is 1. The standard InChI is InChI=1S/C15H9F6NO2/c16-11-7-8(13(22)23)1-6-12(11)24-10-4-2-9(3-5-10)14(17,18)15(19,20)21/h1-7H,(H2,22,23). The topological polar surface area (TPSA) is 52.3 Å². The molecule has 0 unspecified atom stereocenters. The zero-order valence-corrected chi connectivity index (χ0v) is 11.7. The molecule has 0 atom stereocenters. The largest absolute Gasteiger partial charge is 0.458 e. The van der Waals surface area contributed by atoms with Crippen molar-refractivity contribution in [3.63, 3.8) is 0 Å². The molecule has 0 fully saturated rings. The fourth-order valence-electron chi connectivity index (χ4n) is 1.76. The lowest BCUT2D eigenvalue weighted by Crippen LogP contribution is -2.33. The van der Waals surface area contributed by atoms with E-state index in [-0.39, 0.29) is 17.1 Å². The average molecular weight is 349 g/mol. The maximum absolute atomic E-state index is 13.7. The third-order valence-electron chi connectivity index (χ3n) is 3.02. The highest BCUT2D eigenvalue weighted by Crippen LogP contribution is 2.44. The molecule has 0 aliphatic rings. The molecule has 0 aliphatic heterocycles. The lowest BCUT2D eigenvalue weighted by Gasteiger charge is -2.20. The molecule has 0 radical (unpaired) electrons. The van der Waals surface area contributed by atoms with Gasteiger partial charge >= 0.3 is 12.1 Å². The molecule has 0 saturated heterocycles. The molecule has 128 valence electrons. The number of carbonyl (C=O) groups is 1. The van der Waals surface area contributed by atoms with Crippen molar-refractivity contribution in [3.05, 3.63) is 59.4 Å². The molecule has 0 saturated carbocycles. The van der Waals surface area contributed by atoms with Gasteiger partial charge in [-0.3, -0.25) is 4.79 Å². The summed E-state index contributed by atoms with van der Waals surface area (Å²) < 4.78 is 81.8. The summed E-state index contributed by atoms with van der Waals surface area (Å²) in [5.74, 6) is -7.34. The fraction of sp³-hybridized carbons (Fsp3) is 0.133. The molecule has 3 nitrogen and oxygen atoms in total. The van der Waals surface area contributed by atoms with E-state index in [4.69, 9.17) is 10.5 Å². The summed E-state index contributed by atoms with van der Waals surface area (Å²) in [6.07, 6.45) is -5.73. The first kappa shape index (κ1) is 17.6. The molecule has 0 heterocycles. The van der Waals surface area contributed by atoms with Crippen LogP contribution in [0, 0.1) is 5.82 Å². The van der Waals surface area contributed by atoms with E-state index in [0.717, 1.165) is 24.3 Å². The van der Waals surface area contributed by atoms with Crippen LogP contribution in [0.1, 0.15) is 15.9 Å². The van der Waals surface area contributed by atoms with E-state index in [2.05, 4.69) is 0 Å². The highest BCUT2D eigenvalue weighted by atomic mass is 19.4. The zero-order chi connectivity index (χ0) is 18.1. The summed E-state index contributed by atoms with van der Waals surface area (Å²) in [6.45, 7) is 0. The lowest BCUT2D eigenvalue weighted by atomic mass is 10.1. The van der Waals surface area contributed by atoms with E-state index in [0.29, 0.717) is 12.1 Å². The van der Waals surface area contributed by atoms with E-state index in [1.54, 1.807) is 0 Å². The lowest BCUT2D eigenvalue weighted by molar-refractivity contribution is -0.289. The monoisotopic (exact) mass is 349 g/mol. The van der Waals surface area contributed by atoms with Gasteiger partial charge in [0.2, 0.25) is 5.91 Å². The van der Waals surface area contributed by atoms with Gasteiger partial charge in [0, 0.05) is 11.1 Å². The van der Waals surface area contributed by atoms with E-state index < -0.39 is 29.4 Å². The Kier molecular flexibility index (Phi) is 4.46. The molecule has 2 rings (SSSR count). The smallest absolute Gasteiger partial charge is 0.454 e. The third kappa shape index (κ3) is 3.44. The van der Waals surface area contributed by atoms with E-state index in [1.807, 2.05) is 0 Å². The number of alkyl halides is 5. The molecule has 2 aromatic carbocycles. The van der Waals surface area contributed by atoms with Crippen LogP contribution in [0.25, 0.3) is 0 Å². The van der Waals surface area contributed by atoms with Crippen molar-refractivity contribution in [2.45, 2.75) is 12.1 Å². The predicted molar refractivity (Wildman–Crippen MR) is 71.4 cm³/mol. The average Bonchev–Trinajstić information content (AvgIpc) is 2.48. The molecule has 0 spiro atoms. The maximum atomic E-state index is 13.7. The second-order valence-electron chi connectivity index (χ2n) is 4.71. The normalized spacial score (nSPS) is 12.1. The predicted octanol–water partition coefficient (Wildman–Crippen LogP) is 4.37. The minimum atomic E-state index is -5.73. The summed E-state index contributed by atoms with van der Waals surface area (Å²) in [7, 11) is 0. The second-order valence-corrected chi connectivity index (χ2v) is 4.71. The summed E-state index contributed by atoms with van der Waals surface area (Å²) in [5.41, 5.74) is 3.59. The van der Waals surface area contributed by atoms with Gasteiger partial charge in [-0.2, -0.15) is 22.0 Å². The van der Waals surface area contributed by atoms with Crippen molar-refractivity contribution in [2.75, 3.05) is 0 Å². The number of carbonyl (C=O) groups excluding carboxylic acids is 1. The molecule has 0 aliphatic carbocycles. The highest BCUT2D eigenvalue weighted by molar-refractivity contribution is 5.92. The first-order valence-corrected chi connectivity index (χ1v) is 6.34. The number of rotatable bonds is 4. The van der Waals surface area contributed by atoms with Gasteiger partial charge in [0.15, 0.2) is 11.6 Å². The Morgan fingerprint density at radius 1 is 0.958 bits per heavy atom. The van der Waals surface area contributed by atoms with Gasteiger partial charge in [0.1, 0.15) is 5.75 Å². The van der Waals surface area contributed by atoms with E-state index in [1.165, 1.54) is 6.07 Å². The fourth-order valence-corrected chi connectivity index (χ4v) is 1.76. The first-order valence-electron chi connectivity index (χ1n) is 6.34. The van der Waals surface area contributed by atoms with Crippen LogP contribution in [0.3, 0.4) is 0 Å². The third-order valence-corrected chi connectivity index (χ3v) is 3.02. The molecular formula is C15H9F6NO2. The van der Waals surface area contributed by atoms with E-state index >= 15 is 0 Å². The Balaban J connectivity index is 2.22. The summed E-state index contributed by atoms with van der Waals surface area (Å²) >= 11 is 0. The van der Waals surface area contributed by atoms with Gasteiger partial charge < -0.3 is 10.5 Å². The van der Waals surface area contributed by atoms with Crippen LogP contribution in [-0.4, -0.2) is 12.1 Å². The molecule has 2 aromatic rings. The molecule has 2 N–H and O–H groups in total. The minimum Gasteiger partial charge on any atom is -0.454 e. The molecule has 24 heavy (non-hydrogen) atoms. The minimum absolute atomic E-state index is 0.111. The van der Waals surface area contributed by atoms with Crippen molar-refractivity contribution in [1.29, 1.82) is 0 Å². The Labute approximate surface area is 131 Å². The Morgan fingerprint density at radius 3 is 2.00 bits per heavy atom. The second kappa shape index (κ2) is 6.06. The van der Waals surface area contributed by atoms with Gasteiger partial charge in [-0.1, -0.05) is 0 Å². The van der Waals surface area contributed by atoms with Crippen LogP contribution in [0.4, 0.5) is 26.3 Å². The SMILES string of the molecule is NC(=O)c1ccc(Oc2ccc(C(F)(F)C(F)(F)F)cc2)c(F)c1. The number of ether oxygens (including phenoxy) is 1. The van der Waals surface area contributed by atoms with Crippen LogP contribution in [-0.2, 0) is 5.92 Å². The van der Waals surface area contributed by atoms with Gasteiger partial charge in [-0.05, 0) is 42.5 Å². The van der Waals surface area contributed by atoms with Crippen molar-refractivity contribution >= 4 is 5.91 Å². The van der Waals surface area contributed by atoms with Crippen molar-refractivity contribution in [1.82, 2.24) is 0 Å². The van der Waals surface area contributed by atoms with Crippen LogP contribution >= 0.6 is 0 Å². The Hall–Kier alpha value is -2.71. The summed E-state index contributed by atoms with van der Waals surface area (Å²) in [5, 5.41) is 0. The number of halogens is 6. The Bertz CT molecular complexity index is 756. The molecular weight excluding hydrogens is 340 g/mol. The van der Waals surface area contributed by atoms with E-state index in [9.17, 15) is 31.1 Å². The quantitative estimate of drug-likeness (QED) is 0.834. The van der Waals surface area contributed by atoms with Gasteiger partial charge in [-0.15, -0.1) is 0 Å². The Morgan fingerprint density at radius 2 is 1.54 bits per heavy atom. The summed E-state index contributed by atoms with van der Waals surface area (Å²) in [6, 6.07) is 5.80. The van der Waals surface area contributed by atoms with Crippen LogP contribution < -0.4 is 10.5 Å². The van der Waals surface area contributed by atoms with Crippen molar-refractivity contribution in [2.24, 2.45) is 5.73 Å². The molecule has 0 bridgehead atoms. The summed E-state index contributed by atoms with van der Waals surface area (Å²) in [4.78, 5) is 10.9. The van der Waals surface area contributed by atoms with Crippen LogP contribution in [0.5, 0.6) is 11.5 Å². The van der Waals surface area contributed by atoms with Crippen molar-refractivity contribution in [3.8, 4) is 11.5 Å². The molecule has 0 aromatic heterocycles. The van der Waals surface area contributed by atoms with Gasteiger partial charge in [0.25, 0.3) is 0 Å².